The van der Waals surface area contributed by atoms with Crippen molar-refractivity contribution >= 4 is 17.6 Å². The lowest BCUT2D eigenvalue weighted by molar-refractivity contribution is -0.137. The van der Waals surface area contributed by atoms with E-state index >= 15 is 0 Å². The van der Waals surface area contributed by atoms with Crippen LogP contribution in [0.2, 0.25) is 0 Å². The molecule has 1 aromatic carbocycles. The van der Waals surface area contributed by atoms with Crippen LogP contribution >= 0.6 is 0 Å². The molecule has 1 aromatic rings. The summed E-state index contributed by atoms with van der Waals surface area (Å²) in [5, 5.41) is 20.0. The maximum Gasteiger partial charge on any atom is 0.335 e. The van der Waals surface area contributed by atoms with Crippen molar-refractivity contribution in [1.29, 1.82) is 0 Å². The van der Waals surface area contributed by atoms with Crippen molar-refractivity contribution in [2.45, 2.75) is 13.0 Å². The lowest BCUT2D eigenvalue weighted by Crippen LogP contribution is -2.25. The highest BCUT2D eigenvalue weighted by Gasteiger charge is 2.10. The van der Waals surface area contributed by atoms with E-state index in [1.54, 1.807) is 12.1 Å². The van der Waals surface area contributed by atoms with Gasteiger partial charge < -0.3 is 15.5 Å². The summed E-state index contributed by atoms with van der Waals surface area (Å²) in [7, 11) is 0. The molecule has 0 amide bonds. The van der Waals surface area contributed by atoms with Crippen molar-refractivity contribution in [1.82, 2.24) is 0 Å². The first-order valence-corrected chi connectivity index (χ1v) is 4.33. The van der Waals surface area contributed by atoms with Crippen LogP contribution in [0.5, 0.6) is 0 Å². The lowest BCUT2D eigenvalue weighted by atomic mass is 10.2. The summed E-state index contributed by atoms with van der Waals surface area (Å²) in [6.45, 7) is 1.48. The highest BCUT2D eigenvalue weighted by molar-refractivity contribution is 5.89. The molecule has 0 aromatic heterocycles. The Kier molecular flexibility index (Phi) is 3.28. The number of anilines is 1. The molecule has 5 heteroatoms. The molecule has 3 N–H and O–H groups in total. The number of aliphatic carboxylic acids is 1. The largest absolute Gasteiger partial charge is 0.480 e. The third kappa shape index (κ3) is 2.98. The second-order valence-corrected chi connectivity index (χ2v) is 3.09. The maximum absolute atomic E-state index is 10.6. The van der Waals surface area contributed by atoms with Gasteiger partial charge in [0, 0.05) is 5.69 Å². The van der Waals surface area contributed by atoms with E-state index in [2.05, 4.69) is 5.32 Å². The smallest absolute Gasteiger partial charge is 0.335 e. The normalized spacial score (nSPS) is 11.8. The Bertz CT molecular complexity index is 389. The first-order valence-electron chi connectivity index (χ1n) is 4.33. The van der Waals surface area contributed by atoms with E-state index in [4.69, 9.17) is 10.2 Å². The van der Waals surface area contributed by atoms with Gasteiger partial charge in [-0.25, -0.2) is 4.79 Å². The molecule has 0 spiro atoms. The molecule has 0 heterocycles. The zero-order valence-corrected chi connectivity index (χ0v) is 8.10. The van der Waals surface area contributed by atoms with Gasteiger partial charge in [0.25, 0.3) is 0 Å². The number of carbonyl (C=O) groups is 2. The van der Waals surface area contributed by atoms with E-state index < -0.39 is 18.0 Å². The third-order valence-corrected chi connectivity index (χ3v) is 1.86. The van der Waals surface area contributed by atoms with Crippen LogP contribution in [0.3, 0.4) is 0 Å². The monoisotopic (exact) mass is 209 g/mol. The van der Waals surface area contributed by atoms with Crippen LogP contribution in [0.1, 0.15) is 17.3 Å². The Morgan fingerprint density at radius 3 is 2.53 bits per heavy atom. The molecule has 0 bridgehead atoms. The summed E-state index contributed by atoms with van der Waals surface area (Å²) in [5.41, 5.74) is 0.599. The topological polar surface area (TPSA) is 86.6 Å². The fourth-order valence-electron chi connectivity index (χ4n) is 1.05. The molecule has 0 saturated carbocycles. The fraction of sp³-hybridized carbons (Fsp3) is 0.200. The number of nitrogens with one attached hydrogen (secondary N) is 1. The predicted octanol–water partition coefficient (Wildman–Crippen LogP) is 1.27. The van der Waals surface area contributed by atoms with Gasteiger partial charge in [0.05, 0.1) is 5.56 Å². The van der Waals surface area contributed by atoms with Crippen LogP contribution in [0.15, 0.2) is 24.3 Å². The maximum atomic E-state index is 10.6. The Morgan fingerprint density at radius 2 is 2.00 bits per heavy atom. The minimum atomic E-state index is -1.04. The number of rotatable bonds is 4. The van der Waals surface area contributed by atoms with Crippen molar-refractivity contribution < 1.29 is 19.8 Å². The summed E-state index contributed by atoms with van der Waals surface area (Å²) in [4.78, 5) is 21.2. The summed E-state index contributed by atoms with van der Waals surface area (Å²) in [5.74, 6) is -2.03. The Morgan fingerprint density at radius 1 is 1.33 bits per heavy atom. The Balaban J connectivity index is 2.82. The van der Waals surface area contributed by atoms with E-state index in [0.717, 1.165) is 0 Å². The van der Waals surface area contributed by atoms with E-state index in [0.29, 0.717) is 5.69 Å². The van der Waals surface area contributed by atoms with Crippen LogP contribution in [0.4, 0.5) is 5.69 Å². The highest BCUT2D eigenvalue weighted by atomic mass is 16.4. The summed E-state index contributed by atoms with van der Waals surface area (Å²) in [6, 6.07) is 5.25. The van der Waals surface area contributed by atoms with Crippen molar-refractivity contribution in [3.05, 3.63) is 29.8 Å². The molecule has 1 atom stereocenters. The molecular weight excluding hydrogens is 198 g/mol. The molecule has 0 aliphatic rings. The van der Waals surface area contributed by atoms with Gasteiger partial charge >= 0.3 is 11.9 Å². The average Bonchev–Trinajstić information content (AvgIpc) is 2.18. The first-order chi connectivity index (χ1) is 7.00. The molecule has 0 unspecified atom stereocenters. The van der Waals surface area contributed by atoms with Crippen molar-refractivity contribution in [3.8, 4) is 0 Å². The molecule has 1 rings (SSSR count). The van der Waals surface area contributed by atoms with Crippen molar-refractivity contribution in [3.63, 3.8) is 0 Å². The van der Waals surface area contributed by atoms with Gasteiger partial charge in [-0.15, -0.1) is 0 Å². The number of hydrogen-bond acceptors (Lipinski definition) is 3. The number of aromatic carboxylic acids is 1. The number of hydrogen-bond donors (Lipinski definition) is 3. The SMILES string of the molecule is C[C@H](Nc1cccc(C(=O)O)c1)C(=O)O. The van der Waals surface area contributed by atoms with Gasteiger partial charge in [0.15, 0.2) is 0 Å². The number of benzene rings is 1. The predicted molar refractivity (Wildman–Crippen MR) is 54.1 cm³/mol. The molecule has 0 aliphatic heterocycles. The van der Waals surface area contributed by atoms with E-state index in [1.807, 2.05) is 0 Å². The van der Waals surface area contributed by atoms with Crippen LogP contribution in [0.25, 0.3) is 0 Å². The van der Waals surface area contributed by atoms with Gasteiger partial charge in [-0.1, -0.05) is 6.07 Å². The van der Waals surface area contributed by atoms with Gasteiger partial charge in [-0.3, -0.25) is 4.79 Å². The lowest BCUT2D eigenvalue weighted by Gasteiger charge is -2.10. The van der Waals surface area contributed by atoms with Crippen LogP contribution in [0, 0.1) is 0 Å². The summed E-state index contributed by atoms with van der Waals surface area (Å²) >= 11 is 0. The minimum Gasteiger partial charge on any atom is -0.480 e. The van der Waals surface area contributed by atoms with Gasteiger partial charge in [-0.2, -0.15) is 0 Å². The van der Waals surface area contributed by atoms with E-state index in [1.165, 1.54) is 19.1 Å². The van der Waals surface area contributed by atoms with E-state index in [-0.39, 0.29) is 5.56 Å². The second kappa shape index (κ2) is 4.45. The van der Waals surface area contributed by atoms with E-state index in [9.17, 15) is 9.59 Å². The molecule has 15 heavy (non-hydrogen) atoms. The third-order valence-electron chi connectivity index (χ3n) is 1.86. The number of carboxylic acids is 2. The zero-order valence-electron chi connectivity index (χ0n) is 8.10. The molecular formula is C10H11NO4. The first kappa shape index (κ1) is 11.0. The van der Waals surface area contributed by atoms with Crippen LogP contribution in [-0.4, -0.2) is 28.2 Å². The summed E-state index contributed by atoms with van der Waals surface area (Å²) in [6.07, 6.45) is 0. The molecule has 0 radical (unpaired) electrons. The standard InChI is InChI=1S/C10H11NO4/c1-6(9(12)13)11-8-4-2-3-7(5-8)10(14)15/h2-6,11H,1H3,(H,12,13)(H,14,15)/t6-/m0/s1. The Labute approximate surface area is 86.4 Å². The second-order valence-electron chi connectivity index (χ2n) is 3.09. The van der Waals surface area contributed by atoms with Crippen molar-refractivity contribution in [2.75, 3.05) is 5.32 Å². The van der Waals surface area contributed by atoms with Crippen LogP contribution in [-0.2, 0) is 4.79 Å². The van der Waals surface area contributed by atoms with Gasteiger partial charge in [-0.05, 0) is 25.1 Å². The fourth-order valence-corrected chi connectivity index (χ4v) is 1.05. The number of carboxylic acid groups (broad SMARTS) is 2. The van der Waals surface area contributed by atoms with Gasteiger partial charge in [0.1, 0.15) is 6.04 Å². The minimum absolute atomic E-state index is 0.123. The summed E-state index contributed by atoms with van der Waals surface area (Å²) < 4.78 is 0. The van der Waals surface area contributed by atoms with Gasteiger partial charge in [0.2, 0.25) is 0 Å². The molecule has 5 nitrogen and oxygen atoms in total. The molecule has 80 valence electrons. The average molecular weight is 209 g/mol. The Hall–Kier alpha value is -2.04. The molecule has 0 fully saturated rings. The molecule has 0 aliphatic carbocycles. The van der Waals surface area contributed by atoms with Crippen LogP contribution < -0.4 is 5.32 Å². The van der Waals surface area contributed by atoms with Crippen molar-refractivity contribution in [2.24, 2.45) is 0 Å². The highest BCUT2D eigenvalue weighted by Crippen LogP contribution is 2.11. The molecule has 0 saturated heterocycles. The zero-order chi connectivity index (χ0) is 11.4. The quantitative estimate of drug-likeness (QED) is 0.695.